The van der Waals surface area contributed by atoms with E-state index in [1.54, 1.807) is 39.0 Å². The van der Waals surface area contributed by atoms with Crippen molar-refractivity contribution in [2.45, 2.75) is 45.3 Å². The van der Waals surface area contributed by atoms with Crippen molar-refractivity contribution in [1.82, 2.24) is 4.90 Å². The lowest BCUT2D eigenvalue weighted by Crippen LogP contribution is -2.63. The van der Waals surface area contributed by atoms with Crippen LogP contribution in [0.2, 0.25) is 0 Å². The Balaban J connectivity index is 2.69. The molecule has 0 aromatic heterocycles. The van der Waals surface area contributed by atoms with Crippen LogP contribution in [-0.2, 0) is 19.4 Å². The fourth-order valence-corrected chi connectivity index (χ4v) is 4.37. The maximum atomic E-state index is 13.1. The molecule has 0 saturated carbocycles. The molecule has 2 N–H and O–H groups in total. The number of carbonyl (C=O) groups is 3. The Labute approximate surface area is 178 Å². The molecule has 0 aliphatic carbocycles. The van der Waals surface area contributed by atoms with Crippen molar-refractivity contribution in [3.05, 3.63) is 22.7 Å². The number of anilines is 2. The van der Waals surface area contributed by atoms with Gasteiger partial charge in [0, 0.05) is 16.3 Å². The molecule has 1 aliphatic heterocycles. The first-order chi connectivity index (χ1) is 13.1. The molecule has 0 saturated heterocycles. The van der Waals surface area contributed by atoms with Crippen LogP contribution in [0.4, 0.5) is 16.2 Å². The van der Waals surface area contributed by atoms with Gasteiger partial charge in [0.15, 0.2) is 9.84 Å². The Morgan fingerprint density at radius 1 is 1.31 bits per heavy atom. The number of nitrogens with one attached hydrogen (secondary N) is 1. The van der Waals surface area contributed by atoms with E-state index in [2.05, 4.69) is 21.2 Å². The summed E-state index contributed by atoms with van der Waals surface area (Å²) in [6, 6.07) is 2.58. The Morgan fingerprint density at radius 3 is 2.38 bits per heavy atom. The smallest absolute Gasteiger partial charge is 0.408 e. The largest absolute Gasteiger partial charge is 0.465 e. The Bertz CT molecular complexity index is 957. The van der Waals surface area contributed by atoms with Crippen molar-refractivity contribution in [2.75, 3.05) is 22.2 Å². The zero-order chi connectivity index (χ0) is 22.3. The van der Waals surface area contributed by atoms with E-state index >= 15 is 0 Å². The Kier molecular flexibility index (Phi) is 6.34. The third-order valence-electron chi connectivity index (χ3n) is 4.47. The second-order valence-corrected chi connectivity index (χ2v) is 11.0. The van der Waals surface area contributed by atoms with Gasteiger partial charge in [0.25, 0.3) is 0 Å². The van der Waals surface area contributed by atoms with Gasteiger partial charge in [-0.25, -0.2) is 13.2 Å². The number of fused-ring (bicyclic) bond motifs is 1. The molecule has 2 atom stereocenters. The van der Waals surface area contributed by atoms with Gasteiger partial charge in [-0.05, 0) is 45.9 Å². The SMILES string of the molecule is C[C@H]1[C@H](N(C(=O)O)C(C)(C)C)C(=O)Nc2cc(Br)ccc2N1C(=O)CS(C)(=O)=O. The number of hydrogen-bond acceptors (Lipinski definition) is 5. The molecule has 3 amide bonds. The lowest BCUT2D eigenvalue weighted by molar-refractivity contribution is -0.123. The fourth-order valence-electron chi connectivity index (χ4n) is 3.42. The summed E-state index contributed by atoms with van der Waals surface area (Å²) in [4.78, 5) is 40.2. The third-order valence-corrected chi connectivity index (χ3v) is 5.73. The minimum Gasteiger partial charge on any atom is -0.465 e. The molecule has 1 aromatic carbocycles. The van der Waals surface area contributed by atoms with Gasteiger partial charge in [0.05, 0.1) is 17.4 Å². The number of sulfone groups is 1. The van der Waals surface area contributed by atoms with Gasteiger partial charge in [0.1, 0.15) is 11.8 Å². The van der Waals surface area contributed by atoms with Crippen molar-refractivity contribution in [3.8, 4) is 0 Å². The van der Waals surface area contributed by atoms with E-state index in [0.29, 0.717) is 10.2 Å². The molecule has 9 nitrogen and oxygen atoms in total. The zero-order valence-corrected chi connectivity index (χ0v) is 19.2. The van der Waals surface area contributed by atoms with E-state index < -0.39 is 51.1 Å². The first kappa shape index (κ1) is 23.1. The average Bonchev–Trinajstić information content (AvgIpc) is 2.59. The van der Waals surface area contributed by atoms with Gasteiger partial charge in [-0.2, -0.15) is 0 Å². The van der Waals surface area contributed by atoms with Crippen LogP contribution in [-0.4, -0.2) is 66.0 Å². The molecule has 0 spiro atoms. The van der Waals surface area contributed by atoms with Gasteiger partial charge in [-0.1, -0.05) is 15.9 Å². The van der Waals surface area contributed by atoms with E-state index in [4.69, 9.17) is 0 Å². The topological polar surface area (TPSA) is 124 Å². The summed E-state index contributed by atoms with van der Waals surface area (Å²) in [5.74, 6) is -2.12. The van der Waals surface area contributed by atoms with Crippen molar-refractivity contribution >= 4 is 55.0 Å². The predicted molar refractivity (Wildman–Crippen MR) is 113 cm³/mol. The van der Waals surface area contributed by atoms with Crippen LogP contribution in [0.15, 0.2) is 22.7 Å². The normalized spacial score (nSPS) is 19.8. The van der Waals surface area contributed by atoms with E-state index in [-0.39, 0.29) is 5.69 Å². The maximum absolute atomic E-state index is 13.1. The first-order valence-corrected chi connectivity index (χ1v) is 11.6. The molecule has 2 rings (SSSR count). The van der Waals surface area contributed by atoms with Crippen LogP contribution in [0.1, 0.15) is 27.7 Å². The highest BCUT2D eigenvalue weighted by Crippen LogP contribution is 2.36. The van der Waals surface area contributed by atoms with Crippen LogP contribution >= 0.6 is 15.9 Å². The minimum atomic E-state index is -3.65. The number of nitrogens with zero attached hydrogens (tertiary/aromatic N) is 2. The van der Waals surface area contributed by atoms with E-state index in [1.807, 2.05) is 0 Å². The zero-order valence-electron chi connectivity index (χ0n) is 16.8. The van der Waals surface area contributed by atoms with Crippen LogP contribution < -0.4 is 10.2 Å². The number of hydrogen-bond donors (Lipinski definition) is 2. The standard InChI is InChI=1S/C18H24BrN3O6S/c1-10-15(22(17(25)26)18(2,3)4)16(24)20-12-8-11(19)6-7-13(12)21(10)14(23)9-29(5,27)28/h6-8,10,15H,9H2,1-5H3,(H,20,24)(H,25,26)/t10-,15-/m0/s1. The van der Waals surface area contributed by atoms with Gasteiger partial charge in [0.2, 0.25) is 11.8 Å². The van der Waals surface area contributed by atoms with Crippen LogP contribution in [0.25, 0.3) is 0 Å². The number of carboxylic acid groups (broad SMARTS) is 1. The summed E-state index contributed by atoms with van der Waals surface area (Å²) in [5, 5.41) is 12.5. The Hall–Kier alpha value is -2.14. The number of rotatable bonds is 3. The van der Waals surface area contributed by atoms with Crippen LogP contribution in [0.3, 0.4) is 0 Å². The van der Waals surface area contributed by atoms with Crippen LogP contribution in [0.5, 0.6) is 0 Å². The monoisotopic (exact) mass is 489 g/mol. The lowest BCUT2D eigenvalue weighted by atomic mass is 9.98. The van der Waals surface area contributed by atoms with Gasteiger partial charge in [-0.15, -0.1) is 0 Å². The highest BCUT2D eigenvalue weighted by atomic mass is 79.9. The fraction of sp³-hybridized carbons (Fsp3) is 0.500. The molecule has 1 aliphatic rings. The summed E-state index contributed by atoms with van der Waals surface area (Å²) in [5.41, 5.74) is -0.380. The van der Waals surface area contributed by atoms with E-state index in [1.165, 1.54) is 11.8 Å². The summed E-state index contributed by atoms with van der Waals surface area (Å²) in [6.07, 6.45) is -0.387. The second kappa shape index (κ2) is 7.94. The number of amides is 3. The molecule has 1 aromatic rings. The molecule has 0 unspecified atom stereocenters. The van der Waals surface area contributed by atoms with Crippen molar-refractivity contribution in [1.29, 1.82) is 0 Å². The molecule has 1 heterocycles. The lowest BCUT2D eigenvalue weighted by Gasteiger charge is -2.42. The average molecular weight is 490 g/mol. The second-order valence-electron chi connectivity index (χ2n) is 7.99. The summed E-state index contributed by atoms with van der Waals surface area (Å²) < 4.78 is 24.1. The Morgan fingerprint density at radius 2 is 1.90 bits per heavy atom. The van der Waals surface area contributed by atoms with Gasteiger partial charge < -0.3 is 15.3 Å². The molecule has 160 valence electrons. The van der Waals surface area contributed by atoms with Crippen molar-refractivity contribution in [3.63, 3.8) is 0 Å². The molecule has 0 radical (unpaired) electrons. The molecule has 29 heavy (non-hydrogen) atoms. The van der Waals surface area contributed by atoms with Gasteiger partial charge in [-0.3, -0.25) is 14.5 Å². The van der Waals surface area contributed by atoms with E-state index in [0.717, 1.165) is 11.2 Å². The number of halogens is 1. The van der Waals surface area contributed by atoms with E-state index in [9.17, 15) is 27.9 Å². The van der Waals surface area contributed by atoms with Gasteiger partial charge >= 0.3 is 6.09 Å². The first-order valence-electron chi connectivity index (χ1n) is 8.76. The molecule has 0 fully saturated rings. The van der Waals surface area contributed by atoms with Crippen molar-refractivity contribution < 1.29 is 27.9 Å². The maximum Gasteiger partial charge on any atom is 0.408 e. The highest BCUT2D eigenvalue weighted by Gasteiger charge is 2.46. The summed E-state index contributed by atoms with van der Waals surface area (Å²) >= 11 is 3.30. The third kappa shape index (κ3) is 5.08. The number of carbonyl (C=O) groups excluding carboxylic acids is 2. The summed E-state index contributed by atoms with van der Waals surface area (Å²) in [7, 11) is -3.65. The molecular weight excluding hydrogens is 466 g/mol. The molecule has 11 heteroatoms. The minimum absolute atomic E-state index is 0.278. The molecular formula is C18H24BrN3O6S. The highest BCUT2D eigenvalue weighted by molar-refractivity contribution is 9.10. The molecule has 0 bridgehead atoms. The quantitative estimate of drug-likeness (QED) is 0.670. The predicted octanol–water partition coefficient (Wildman–Crippen LogP) is 2.31. The van der Waals surface area contributed by atoms with Crippen molar-refractivity contribution in [2.24, 2.45) is 0 Å². The summed E-state index contributed by atoms with van der Waals surface area (Å²) in [6.45, 7) is 6.44. The number of benzene rings is 1. The van der Waals surface area contributed by atoms with Crippen LogP contribution in [0, 0.1) is 0 Å².